The number of nitrogens with zero attached hydrogens (tertiary/aromatic N) is 2. The number of likely N-dealkylation sites (tertiary alicyclic amines) is 1. The number of piperidine rings is 1. The number of aromatic nitrogens is 2. The third-order valence-corrected chi connectivity index (χ3v) is 5.46. The number of alkyl halides is 3. The van der Waals surface area contributed by atoms with Crippen LogP contribution in [0.3, 0.4) is 0 Å². The molecule has 1 aliphatic rings. The average Bonchev–Trinajstić information content (AvgIpc) is 2.73. The number of aryl methyl sites for hydroxylation is 1. The van der Waals surface area contributed by atoms with Crippen molar-refractivity contribution >= 4 is 16.8 Å². The van der Waals surface area contributed by atoms with Crippen molar-refractivity contribution in [2.75, 3.05) is 13.1 Å². The number of amides is 1. The van der Waals surface area contributed by atoms with Gasteiger partial charge in [-0.15, -0.1) is 0 Å². The number of nitrogens with one attached hydrogen (secondary N) is 1. The van der Waals surface area contributed by atoms with Crippen LogP contribution in [0.2, 0.25) is 0 Å². The average molecular weight is 415 g/mol. The predicted molar refractivity (Wildman–Crippen MR) is 106 cm³/mol. The Bertz CT molecular complexity index is 1150. The van der Waals surface area contributed by atoms with Crippen molar-refractivity contribution in [3.05, 3.63) is 75.3 Å². The summed E-state index contributed by atoms with van der Waals surface area (Å²) in [6.07, 6.45) is -3.13. The lowest BCUT2D eigenvalue weighted by Gasteiger charge is -2.33. The van der Waals surface area contributed by atoms with Gasteiger partial charge in [-0.2, -0.15) is 13.2 Å². The summed E-state index contributed by atoms with van der Waals surface area (Å²) >= 11 is 0. The number of hydrogen-bond donors (Lipinski definition) is 1. The molecule has 3 heterocycles. The lowest BCUT2D eigenvalue weighted by atomic mass is 9.93. The van der Waals surface area contributed by atoms with E-state index in [2.05, 4.69) is 9.97 Å². The molecule has 3 aromatic rings. The van der Waals surface area contributed by atoms with Crippen LogP contribution in [-0.2, 0) is 6.18 Å². The maximum Gasteiger partial charge on any atom is 0.433 e. The molecular formula is C22H20F3N3O2. The van der Waals surface area contributed by atoms with Gasteiger partial charge in [0.1, 0.15) is 5.69 Å². The lowest BCUT2D eigenvalue weighted by Crippen LogP contribution is -2.39. The molecule has 0 saturated carbocycles. The van der Waals surface area contributed by atoms with Crippen LogP contribution in [0.4, 0.5) is 13.2 Å². The number of hydrogen-bond acceptors (Lipinski definition) is 3. The van der Waals surface area contributed by atoms with Crippen molar-refractivity contribution in [3.8, 4) is 0 Å². The fourth-order valence-corrected chi connectivity index (χ4v) is 3.83. The second-order valence-corrected chi connectivity index (χ2v) is 7.64. The molecule has 4 rings (SSSR count). The number of fused-ring (bicyclic) bond motifs is 1. The molecule has 1 saturated heterocycles. The SMILES string of the molecule is Cc1ccc(C(=O)N2CCC[C@@H](c3cc4nc(C(F)(F)F)ccc4c(=O)[nH]3)C2)cc1. The number of rotatable bonds is 2. The summed E-state index contributed by atoms with van der Waals surface area (Å²) in [6, 6.07) is 10.8. The summed E-state index contributed by atoms with van der Waals surface area (Å²) in [6.45, 7) is 2.92. The normalized spacial score (nSPS) is 17.3. The highest BCUT2D eigenvalue weighted by Crippen LogP contribution is 2.30. The second-order valence-electron chi connectivity index (χ2n) is 7.64. The molecule has 1 N–H and O–H groups in total. The number of carbonyl (C=O) groups is 1. The molecule has 0 radical (unpaired) electrons. The summed E-state index contributed by atoms with van der Waals surface area (Å²) in [4.78, 5) is 33.4. The summed E-state index contributed by atoms with van der Waals surface area (Å²) in [5, 5.41) is 0.107. The van der Waals surface area contributed by atoms with Gasteiger partial charge in [0, 0.05) is 30.3 Å². The van der Waals surface area contributed by atoms with Crippen molar-refractivity contribution in [2.45, 2.75) is 31.9 Å². The van der Waals surface area contributed by atoms with Crippen LogP contribution in [-0.4, -0.2) is 33.9 Å². The number of benzene rings is 1. The van der Waals surface area contributed by atoms with E-state index in [1.807, 2.05) is 19.1 Å². The summed E-state index contributed by atoms with van der Waals surface area (Å²) in [5.74, 6) is -0.276. The van der Waals surface area contributed by atoms with Crippen molar-refractivity contribution < 1.29 is 18.0 Å². The smallest absolute Gasteiger partial charge is 0.338 e. The maximum absolute atomic E-state index is 13.0. The van der Waals surface area contributed by atoms with Crippen LogP contribution in [0, 0.1) is 6.92 Å². The van der Waals surface area contributed by atoms with Gasteiger partial charge in [0.05, 0.1) is 10.9 Å². The third kappa shape index (κ3) is 3.94. The minimum Gasteiger partial charge on any atom is -0.338 e. The van der Waals surface area contributed by atoms with Gasteiger partial charge in [0.2, 0.25) is 0 Å². The van der Waals surface area contributed by atoms with Crippen molar-refractivity contribution in [3.63, 3.8) is 0 Å². The molecule has 1 aromatic carbocycles. The first-order valence-corrected chi connectivity index (χ1v) is 9.69. The molecule has 2 aromatic heterocycles. The number of carbonyl (C=O) groups excluding carboxylic acids is 1. The Morgan fingerprint density at radius 1 is 1.17 bits per heavy atom. The van der Waals surface area contributed by atoms with Gasteiger partial charge >= 0.3 is 6.18 Å². The van der Waals surface area contributed by atoms with Gasteiger partial charge in [0.25, 0.3) is 11.5 Å². The van der Waals surface area contributed by atoms with E-state index in [-0.39, 0.29) is 22.7 Å². The Morgan fingerprint density at radius 2 is 1.90 bits per heavy atom. The fourth-order valence-electron chi connectivity index (χ4n) is 3.83. The first kappa shape index (κ1) is 20.1. The van der Waals surface area contributed by atoms with Crippen molar-refractivity contribution in [2.24, 2.45) is 0 Å². The maximum atomic E-state index is 13.0. The topological polar surface area (TPSA) is 66.1 Å². The first-order chi connectivity index (χ1) is 14.2. The molecule has 30 heavy (non-hydrogen) atoms. The molecule has 0 unspecified atom stereocenters. The number of H-pyrrole nitrogens is 1. The zero-order chi connectivity index (χ0) is 21.5. The Labute approximate surface area is 170 Å². The molecule has 1 fully saturated rings. The van der Waals surface area contributed by atoms with E-state index >= 15 is 0 Å². The van der Waals surface area contributed by atoms with E-state index < -0.39 is 17.4 Å². The van der Waals surface area contributed by atoms with Gasteiger partial charge in [-0.1, -0.05) is 17.7 Å². The second kappa shape index (κ2) is 7.59. The molecule has 0 bridgehead atoms. The van der Waals surface area contributed by atoms with Crippen molar-refractivity contribution in [1.82, 2.24) is 14.9 Å². The standard InChI is InChI=1S/C22H20F3N3O2/c1-13-4-6-14(7-5-13)21(30)28-10-2-3-15(12-28)17-11-18-16(20(29)27-17)8-9-19(26-18)22(23,24)25/h4-9,11,15H,2-3,10,12H2,1H3,(H,27,29)/t15-/m1/s1. The Balaban J connectivity index is 1.63. The lowest BCUT2D eigenvalue weighted by molar-refractivity contribution is -0.140. The predicted octanol–water partition coefficient (Wildman–Crippen LogP) is 4.27. The molecule has 156 valence electrons. The zero-order valence-corrected chi connectivity index (χ0v) is 16.3. The molecule has 0 spiro atoms. The third-order valence-electron chi connectivity index (χ3n) is 5.46. The van der Waals surface area contributed by atoms with Gasteiger partial charge < -0.3 is 9.88 Å². The van der Waals surface area contributed by atoms with Crippen LogP contribution in [0.5, 0.6) is 0 Å². The van der Waals surface area contributed by atoms with Crippen LogP contribution >= 0.6 is 0 Å². The Morgan fingerprint density at radius 3 is 2.60 bits per heavy atom. The van der Waals surface area contributed by atoms with Crippen LogP contribution in [0.25, 0.3) is 10.9 Å². The van der Waals surface area contributed by atoms with Crippen molar-refractivity contribution in [1.29, 1.82) is 0 Å². The van der Waals surface area contributed by atoms with Gasteiger partial charge in [0.15, 0.2) is 0 Å². The highest BCUT2D eigenvalue weighted by Gasteiger charge is 2.33. The monoisotopic (exact) mass is 415 g/mol. The van der Waals surface area contributed by atoms with E-state index in [9.17, 15) is 22.8 Å². The van der Waals surface area contributed by atoms with Crippen LogP contribution < -0.4 is 5.56 Å². The first-order valence-electron chi connectivity index (χ1n) is 9.69. The summed E-state index contributed by atoms with van der Waals surface area (Å²) in [5.41, 5.74) is 0.635. The fraction of sp³-hybridized carbons (Fsp3) is 0.318. The quantitative estimate of drug-likeness (QED) is 0.680. The largest absolute Gasteiger partial charge is 0.433 e. The highest BCUT2D eigenvalue weighted by molar-refractivity contribution is 5.94. The van der Waals surface area contributed by atoms with Gasteiger partial charge in [-0.3, -0.25) is 9.59 Å². The van der Waals surface area contributed by atoms with E-state index in [0.717, 1.165) is 30.5 Å². The van der Waals surface area contributed by atoms with Gasteiger partial charge in [-0.25, -0.2) is 4.98 Å². The number of aromatic amines is 1. The molecule has 1 amide bonds. The van der Waals surface area contributed by atoms with Crippen LogP contribution in [0.1, 0.15) is 46.1 Å². The number of pyridine rings is 2. The molecule has 1 atom stereocenters. The van der Waals surface area contributed by atoms with Crippen LogP contribution in [0.15, 0.2) is 47.3 Å². The van der Waals surface area contributed by atoms with E-state index in [1.165, 1.54) is 6.07 Å². The number of halogens is 3. The van der Waals surface area contributed by atoms with E-state index in [1.54, 1.807) is 17.0 Å². The summed E-state index contributed by atoms with van der Waals surface area (Å²) < 4.78 is 39.0. The molecule has 5 nitrogen and oxygen atoms in total. The highest BCUT2D eigenvalue weighted by atomic mass is 19.4. The minimum atomic E-state index is -4.58. The minimum absolute atomic E-state index is 0.00515. The molecule has 1 aliphatic heterocycles. The van der Waals surface area contributed by atoms with E-state index in [4.69, 9.17) is 0 Å². The molecule has 0 aliphatic carbocycles. The summed E-state index contributed by atoms with van der Waals surface area (Å²) in [7, 11) is 0. The van der Waals surface area contributed by atoms with E-state index in [0.29, 0.717) is 24.3 Å². The zero-order valence-electron chi connectivity index (χ0n) is 16.3. The Kier molecular flexibility index (Phi) is 5.09. The Hall–Kier alpha value is -3.16. The van der Waals surface area contributed by atoms with Gasteiger partial charge in [-0.05, 0) is 50.1 Å². The molecular weight excluding hydrogens is 395 g/mol. The molecule has 8 heteroatoms.